The van der Waals surface area contributed by atoms with Crippen LogP contribution >= 0.6 is 0 Å². The van der Waals surface area contributed by atoms with E-state index in [1.54, 1.807) is 24.3 Å². The summed E-state index contributed by atoms with van der Waals surface area (Å²) in [6.07, 6.45) is -1.36. The van der Waals surface area contributed by atoms with Crippen LogP contribution in [0.4, 0.5) is 4.79 Å². The molecule has 0 bridgehead atoms. The summed E-state index contributed by atoms with van der Waals surface area (Å²) in [7, 11) is 0. The summed E-state index contributed by atoms with van der Waals surface area (Å²) in [6, 6.07) is 7.74. The Hall–Kier alpha value is -3.10. The van der Waals surface area contributed by atoms with Gasteiger partial charge in [0.05, 0.1) is 6.54 Å². The predicted octanol–water partition coefficient (Wildman–Crippen LogP) is -0.252. The minimum absolute atomic E-state index is 0.00122. The van der Waals surface area contributed by atoms with Gasteiger partial charge in [0, 0.05) is 6.42 Å². The molecule has 0 spiro atoms. The monoisotopic (exact) mass is 337 g/mol. The van der Waals surface area contributed by atoms with Crippen LogP contribution in [-0.4, -0.2) is 41.6 Å². The number of ether oxygens (including phenoxy) is 1. The highest BCUT2D eigenvalue weighted by Crippen LogP contribution is 2.03. The van der Waals surface area contributed by atoms with Crippen LogP contribution in [0.2, 0.25) is 0 Å². The summed E-state index contributed by atoms with van der Waals surface area (Å²) in [5, 5.41) is 13.2. The van der Waals surface area contributed by atoms with E-state index in [1.165, 1.54) is 0 Å². The number of alkyl carbamates (subject to hydrolysis) is 1. The van der Waals surface area contributed by atoms with E-state index in [0.717, 1.165) is 5.56 Å². The van der Waals surface area contributed by atoms with Gasteiger partial charge in [-0.3, -0.25) is 14.4 Å². The maximum absolute atomic E-state index is 11.9. The molecule has 5 N–H and O–H groups in total. The molecule has 130 valence electrons. The van der Waals surface area contributed by atoms with Crippen molar-refractivity contribution in [2.45, 2.75) is 25.5 Å². The topological polar surface area (TPSA) is 148 Å². The van der Waals surface area contributed by atoms with Gasteiger partial charge in [-0.25, -0.2) is 4.79 Å². The summed E-state index contributed by atoms with van der Waals surface area (Å²) >= 11 is 0. The van der Waals surface area contributed by atoms with Crippen LogP contribution in [0, 0.1) is 0 Å². The molecule has 1 rings (SSSR count). The number of amides is 3. The highest BCUT2D eigenvalue weighted by Gasteiger charge is 2.22. The molecule has 9 heteroatoms. The first-order valence-electron chi connectivity index (χ1n) is 7.13. The average Bonchev–Trinajstić information content (AvgIpc) is 2.55. The summed E-state index contributed by atoms with van der Waals surface area (Å²) in [4.78, 5) is 45.0. The number of carboxylic acid groups (broad SMARTS) is 1. The Morgan fingerprint density at radius 1 is 1.17 bits per heavy atom. The molecular weight excluding hydrogens is 318 g/mol. The Bertz CT molecular complexity index is 590. The van der Waals surface area contributed by atoms with Crippen molar-refractivity contribution in [3.8, 4) is 0 Å². The lowest BCUT2D eigenvalue weighted by Gasteiger charge is -2.17. The summed E-state index contributed by atoms with van der Waals surface area (Å²) in [5.41, 5.74) is 5.67. The minimum atomic E-state index is -1.15. The fraction of sp³-hybridized carbons (Fsp3) is 0.333. The van der Waals surface area contributed by atoms with Crippen molar-refractivity contribution >= 4 is 23.9 Å². The highest BCUT2D eigenvalue weighted by atomic mass is 16.5. The number of nitrogens with one attached hydrogen (secondary N) is 2. The summed E-state index contributed by atoms with van der Waals surface area (Å²) < 4.78 is 4.97. The van der Waals surface area contributed by atoms with Gasteiger partial charge in [-0.05, 0) is 12.0 Å². The van der Waals surface area contributed by atoms with E-state index in [4.69, 9.17) is 15.6 Å². The molecule has 0 fully saturated rings. The van der Waals surface area contributed by atoms with Crippen molar-refractivity contribution in [3.63, 3.8) is 0 Å². The van der Waals surface area contributed by atoms with Gasteiger partial charge in [-0.15, -0.1) is 0 Å². The Balaban J connectivity index is 2.55. The molecule has 0 saturated carbocycles. The Labute approximate surface area is 138 Å². The number of carbonyl (C=O) groups excluding carboxylic acids is 3. The number of benzene rings is 1. The number of carboxylic acids is 1. The molecule has 9 nitrogen and oxygen atoms in total. The van der Waals surface area contributed by atoms with Gasteiger partial charge >= 0.3 is 12.1 Å². The number of nitrogens with two attached hydrogens (primary N) is 1. The summed E-state index contributed by atoms with van der Waals surface area (Å²) in [6.45, 7) is -0.412. The van der Waals surface area contributed by atoms with Crippen LogP contribution in [0.15, 0.2) is 30.3 Å². The zero-order chi connectivity index (χ0) is 17.9. The van der Waals surface area contributed by atoms with E-state index < -0.39 is 36.5 Å². The smallest absolute Gasteiger partial charge is 0.408 e. The van der Waals surface area contributed by atoms with Crippen molar-refractivity contribution in [3.05, 3.63) is 35.9 Å². The lowest BCUT2D eigenvalue weighted by atomic mass is 10.1. The fourth-order valence-corrected chi connectivity index (χ4v) is 1.74. The van der Waals surface area contributed by atoms with Gasteiger partial charge in [0.25, 0.3) is 0 Å². The van der Waals surface area contributed by atoms with Gasteiger partial charge in [-0.1, -0.05) is 30.3 Å². The van der Waals surface area contributed by atoms with E-state index in [9.17, 15) is 19.2 Å². The first-order valence-corrected chi connectivity index (χ1v) is 7.13. The van der Waals surface area contributed by atoms with Crippen molar-refractivity contribution in [2.24, 2.45) is 5.73 Å². The summed E-state index contributed by atoms with van der Waals surface area (Å²) in [5.74, 6) is -2.60. The van der Waals surface area contributed by atoms with Crippen LogP contribution in [0.5, 0.6) is 0 Å². The first kappa shape index (κ1) is 18.9. The maximum Gasteiger partial charge on any atom is 0.408 e. The molecule has 1 aromatic carbocycles. The van der Waals surface area contributed by atoms with Crippen molar-refractivity contribution in [1.29, 1.82) is 0 Å². The molecular formula is C15H19N3O6. The molecule has 0 aromatic heterocycles. The largest absolute Gasteiger partial charge is 0.481 e. The molecule has 3 amide bonds. The first-order chi connectivity index (χ1) is 11.4. The van der Waals surface area contributed by atoms with Gasteiger partial charge in [0.2, 0.25) is 11.8 Å². The molecule has 0 unspecified atom stereocenters. The Kier molecular flexibility index (Phi) is 7.76. The molecule has 0 saturated heterocycles. The number of carbonyl (C=O) groups is 4. The molecule has 24 heavy (non-hydrogen) atoms. The van der Waals surface area contributed by atoms with Crippen LogP contribution in [0.25, 0.3) is 0 Å². The third-order valence-corrected chi connectivity index (χ3v) is 2.91. The molecule has 0 aliphatic carbocycles. The normalized spacial score (nSPS) is 11.2. The predicted molar refractivity (Wildman–Crippen MR) is 82.6 cm³/mol. The quantitative estimate of drug-likeness (QED) is 0.488. The number of hydrogen-bond acceptors (Lipinski definition) is 5. The van der Waals surface area contributed by atoms with Gasteiger partial charge in [0.1, 0.15) is 12.6 Å². The molecule has 1 aromatic rings. The van der Waals surface area contributed by atoms with Crippen LogP contribution in [0.3, 0.4) is 0 Å². The average molecular weight is 337 g/mol. The lowest BCUT2D eigenvalue weighted by molar-refractivity contribution is -0.137. The molecule has 0 radical (unpaired) electrons. The zero-order valence-corrected chi connectivity index (χ0v) is 12.9. The van der Waals surface area contributed by atoms with Crippen LogP contribution in [0.1, 0.15) is 18.4 Å². The van der Waals surface area contributed by atoms with Crippen molar-refractivity contribution in [2.75, 3.05) is 6.54 Å². The van der Waals surface area contributed by atoms with Crippen LogP contribution in [-0.2, 0) is 25.7 Å². The molecule has 0 heterocycles. The van der Waals surface area contributed by atoms with E-state index >= 15 is 0 Å². The third-order valence-electron chi connectivity index (χ3n) is 2.91. The highest BCUT2D eigenvalue weighted by molar-refractivity contribution is 5.89. The second-order valence-electron chi connectivity index (χ2n) is 4.88. The SMILES string of the molecule is NC(=O)CNC(=O)[C@H](CCC(=O)O)NC(=O)OCc1ccccc1. The second kappa shape index (κ2) is 9.82. The number of hydrogen-bond donors (Lipinski definition) is 4. The van der Waals surface area contributed by atoms with Crippen molar-refractivity contribution in [1.82, 2.24) is 10.6 Å². The van der Waals surface area contributed by atoms with E-state index in [-0.39, 0.29) is 19.4 Å². The third kappa shape index (κ3) is 7.78. The van der Waals surface area contributed by atoms with Gasteiger partial charge in [0.15, 0.2) is 0 Å². The van der Waals surface area contributed by atoms with E-state index in [0.29, 0.717) is 0 Å². The standard InChI is InChI=1S/C15H19N3O6/c16-12(19)8-17-14(22)11(6-7-13(20)21)18-15(23)24-9-10-4-2-1-3-5-10/h1-5,11H,6-9H2,(H2,16,19)(H,17,22)(H,18,23)(H,20,21)/t11-/m0/s1. The lowest BCUT2D eigenvalue weighted by Crippen LogP contribution is -2.48. The van der Waals surface area contributed by atoms with E-state index in [1.807, 2.05) is 6.07 Å². The van der Waals surface area contributed by atoms with Gasteiger partial charge < -0.3 is 26.2 Å². The number of rotatable bonds is 9. The number of aliphatic carboxylic acids is 1. The van der Waals surface area contributed by atoms with Gasteiger partial charge in [-0.2, -0.15) is 0 Å². The Morgan fingerprint density at radius 3 is 2.42 bits per heavy atom. The molecule has 1 atom stereocenters. The Morgan fingerprint density at radius 2 is 1.83 bits per heavy atom. The number of primary amides is 1. The van der Waals surface area contributed by atoms with Crippen molar-refractivity contribution < 1.29 is 29.0 Å². The minimum Gasteiger partial charge on any atom is -0.481 e. The molecule has 0 aliphatic rings. The zero-order valence-electron chi connectivity index (χ0n) is 12.9. The second-order valence-corrected chi connectivity index (χ2v) is 4.88. The maximum atomic E-state index is 11.9. The van der Waals surface area contributed by atoms with Crippen LogP contribution < -0.4 is 16.4 Å². The fourth-order valence-electron chi connectivity index (χ4n) is 1.74. The van der Waals surface area contributed by atoms with E-state index in [2.05, 4.69) is 10.6 Å². The molecule has 0 aliphatic heterocycles.